The van der Waals surface area contributed by atoms with Gasteiger partial charge in [0.05, 0.1) is 16.9 Å². The summed E-state index contributed by atoms with van der Waals surface area (Å²) >= 11 is 6.60. The van der Waals surface area contributed by atoms with Crippen LogP contribution >= 0.6 is 11.6 Å². The second kappa shape index (κ2) is 12.0. The van der Waals surface area contributed by atoms with Crippen LogP contribution in [0.2, 0.25) is 5.02 Å². The molecule has 0 amide bonds. The Kier molecular flexibility index (Phi) is 9.12. The van der Waals surface area contributed by atoms with Crippen LogP contribution in [0, 0.1) is 5.92 Å². The fraction of sp³-hybridized carbons (Fsp3) is 0.667. The molecule has 0 saturated carbocycles. The van der Waals surface area contributed by atoms with Crippen molar-refractivity contribution < 1.29 is 13.2 Å². The minimum atomic E-state index is -4.52. The third kappa shape index (κ3) is 6.86. The van der Waals surface area contributed by atoms with Crippen LogP contribution in [0.1, 0.15) is 47.0 Å². The van der Waals surface area contributed by atoms with E-state index >= 15 is 0 Å². The Hall–Kier alpha value is -2.37. The van der Waals surface area contributed by atoms with Crippen LogP contribution in [0.4, 0.5) is 36.1 Å². The zero-order chi connectivity index (χ0) is 28.5. The van der Waals surface area contributed by atoms with Gasteiger partial charge in [-0.15, -0.1) is 0 Å². The van der Waals surface area contributed by atoms with E-state index in [4.69, 9.17) is 11.6 Å². The predicted octanol–water partition coefficient (Wildman–Crippen LogP) is 4.46. The summed E-state index contributed by atoms with van der Waals surface area (Å²) in [6.45, 7) is 12.6. The van der Waals surface area contributed by atoms with E-state index in [0.717, 1.165) is 32.1 Å². The maximum atomic E-state index is 12.5. The molecule has 8 nitrogen and oxygen atoms in total. The molecule has 2 aliphatic rings. The lowest BCUT2D eigenvalue weighted by atomic mass is 9.97. The number of halogens is 4. The monoisotopic (exact) mass is 570 g/mol. The van der Waals surface area contributed by atoms with Gasteiger partial charge in [-0.1, -0.05) is 31.9 Å². The molecule has 1 aromatic heterocycles. The number of hydrogen-bond acceptors (Lipinski definition) is 8. The van der Waals surface area contributed by atoms with Gasteiger partial charge in [-0.2, -0.15) is 13.2 Å². The quantitative estimate of drug-likeness (QED) is 0.428. The molecule has 0 radical (unpaired) electrons. The normalized spacial score (nSPS) is 22.8. The van der Waals surface area contributed by atoms with Crippen LogP contribution in [0.5, 0.6) is 0 Å². The van der Waals surface area contributed by atoms with Crippen LogP contribution in [-0.4, -0.2) is 78.4 Å². The number of pyridine rings is 1. The van der Waals surface area contributed by atoms with Crippen molar-refractivity contribution in [3.63, 3.8) is 0 Å². The summed E-state index contributed by atoms with van der Waals surface area (Å²) in [6.07, 6.45) is 0.502. The van der Waals surface area contributed by atoms with Crippen molar-refractivity contribution in [2.75, 3.05) is 54.8 Å². The number of piperazine rings is 1. The zero-order valence-corrected chi connectivity index (χ0v) is 23.7. The van der Waals surface area contributed by atoms with Crippen LogP contribution in [0.15, 0.2) is 21.9 Å². The van der Waals surface area contributed by atoms with Crippen LogP contribution in [-0.2, 0) is 0 Å². The number of aromatic nitrogens is 1. The third-order valence-corrected chi connectivity index (χ3v) is 8.34. The fourth-order valence-corrected chi connectivity index (χ4v) is 5.96. The van der Waals surface area contributed by atoms with E-state index in [1.165, 1.54) is 32.0 Å². The molecule has 0 aliphatic carbocycles. The summed E-state index contributed by atoms with van der Waals surface area (Å²) in [7, 11) is 0. The standard InChI is InChI=1S/C27H38ClF3N6O2/c1-5-16(2)12-35-8-6-20(7-9-35)36-13-18(4)37(14-17(36)3)26-21(28)10-19(11-32-26)34-23-22(24(38)25(23)39)33-15-27(29,30)31/h10-11,16-18,20,33-34H,5-9,12-15H2,1-4H3/t16?,17-,18+/m1/s1. The summed E-state index contributed by atoms with van der Waals surface area (Å²) in [5, 5.41) is 5.06. The number of hydrogen-bond donors (Lipinski definition) is 2. The zero-order valence-electron chi connectivity index (χ0n) is 22.9. The van der Waals surface area contributed by atoms with Crippen molar-refractivity contribution in [2.24, 2.45) is 5.92 Å². The fourth-order valence-electron chi connectivity index (χ4n) is 5.68. The summed E-state index contributed by atoms with van der Waals surface area (Å²) < 4.78 is 37.6. The van der Waals surface area contributed by atoms with Crippen molar-refractivity contribution in [1.29, 1.82) is 0 Å². The molecule has 2 N–H and O–H groups in total. The minimum Gasteiger partial charge on any atom is -0.371 e. The Morgan fingerprint density at radius 3 is 2.38 bits per heavy atom. The Balaban J connectivity index is 1.38. The Labute approximate surface area is 232 Å². The smallest absolute Gasteiger partial charge is 0.371 e. The first-order valence-electron chi connectivity index (χ1n) is 13.7. The van der Waals surface area contributed by atoms with Gasteiger partial charge in [0.25, 0.3) is 10.9 Å². The molecule has 39 heavy (non-hydrogen) atoms. The van der Waals surface area contributed by atoms with Gasteiger partial charge in [0.1, 0.15) is 23.7 Å². The highest BCUT2D eigenvalue weighted by molar-refractivity contribution is 6.33. The topological polar surface area (TPSA) is 80.8 Å². The first kappa shape index (κ1) is 29.6. The highest BCUT2D eigenvalue weighted by Crippen LogP contribution is 2.33. The SMILES string of the molecule is CCC(C)CN1CCC(N2C[C@H](C)N(c3ncc(Nc4c(NCC(F)(F)F)c(=O)c4=O)cc3Cl)C[C@H]2C)CC1. The number of piperidine rings is 1. The van der Waals surface area contributed by atoms with Gasteiger partial charge >= 0.3 is 6.18 Å². The second-order valence-corrected chi connectivity index (χ2v) is 11.5. The molecule has 2 fully saturated rings. The summed E-state index contributed by atoms with van der Waals surface area (Å²) in [5.74, 6) is 1.34. The average molecular weight is 571 g/mol. The highest BCUT2D eigenvalue weighted by atomic mass is 35.5. The van der Waals surface area contributed by atoms with Crippen LogP contribution in [0.25, 0.3) is 0 Å². The van der Waals surface area contributed by atoms with Gasteiger partial charge in [0.2, 0.25) is 0 Å². The van der Waals surface area contributed by atoms with E-state index < -0.39 is 23.6 Å². The summed E-state index contributed by atoms with van der Waals surface area (Å²) in [5.41, 5.74) is -2.17. The van der Waals surface area contributed by atoms with Gasteiger partial charge < -0.3 is 20.4 Å². The molecule has 1 aromatic carbocycles. The van der Waals surface area contributed by atoms with Crippen LogP contribution in [0.3, 0.4) is 0 Å². The first-order valence-corrected chi connectivity index (χ1v) is 14.1. The van der Waals surface area contributed by atoms with Gasteiger partial charge in [-0.05, 0) is 51.8 Å². The molecule has 2 aromatic rings. The molecule has 12 heteroatoms. The lowest BCUT2D eigenvalue weighted by Crippen LogP contribution is -2.61. The van der Waals surface area contributed by atoms with Crippen molar-refractivity contribution in [1.82, 2.24) is 14.8 Å². The molecule has 0 spiro atoms. The molecule has 2 saturated heterocycles. The van der Waals surface area contributed by atoms with E-state index in [-0.39, 0.29) is 17.4 Å². The van der Waals surface area contributed by atoms with Gasteiger partial charge in [0.15, 0.2) is 0 Å². The van der Waals surface area contributed by atoms with E-state index in [0.29, 0.717) is 28.6 Å². The predicted molar refractivity (Wildman–Crippen MR) is 150 cm³/mol. The van der Waals surface area contributed by atoms with Gasteiger partial charge in [-0.25, -0.2) is 4.98 Å². The summed E-state index contributed by atoms with van der Waals surface area (Å²) in [6, 6.07) is 2.62. The Morgan fingerprint density at radius 2 is 1.77 bits per heavy atom. The van der Waals surface area contributed by atoms with E-state index in [1.807, 2.05) is 5.32 Å². The lowest BCUT2D eigenvalue weighted by molar-refractivity contribution is -0.115. The number of likely N-dealkylation sites (tertiary alicyclic amines) is 1. The van der Waals surface area contributed by atoms with Gasteiger partial charge in [0, 0.05) is 37.8 Å². The van der Waals surface area contributed by atoms with Crippen molar-refractivity contribution in [2.45, 2.75) is 71.3 Å². The molecular formula is C27H38ClF3N6O2. The average Bonchev–Trinajstić information content (AvgIpc) is 2.89. The number of alkyl halides is 3. The largest absolute Gasteiger partial charge is 0.405 e. The number of rotatable bonds is 9. The molecule has 0 bridgehead atoms. The first-order chi connectivity index (χ1) is 18.4. The lowest BCUT2D eigenvalue weighted by Gasteiger charge is -2.49. The van der Waals surface area contributed by atoms with Gasteiger partial charge in [-0.3, -0.25) is 14.5 Å². The number of anilines is 4. The second-order valence-electron chi connectivity index (χ2n) is 11.1. The highest BCUT2D eigenvalue weighted by Gasteiger charge is 2.36. The van der Waals surface area contributed by atoms with Crippen molar-refractivity contribution >= 4 is 34.5 Å². The number of nitrogens with one attached hydrogen (secondary N) is 2. The van der Waals surface area contributed by atoms with E-state index in [9.17, 15) is 22.8 Å². The van der Waals surface area contributed by atoms with E-state index in [2.05, 4.69) is 52.7 Å². The van der Waals surface area contributed by atoms with Crippen molar-refractivity contribution in [3.05, 3.63) is 37.7 Å². The van der Waals surface area contributed by atoms with Crippen LogP contribution < -0.4 is 26.4 Å². The summed E-state index contributed by atoms with van der Waals surface area (Å²) in [4.78, 5) is 35.6. The maximum absolute atomic E-state index is 12.5. The molecule has 4 rings (SSSR count). The molecule has 3 atom stereocenters. The van der Waals surface area contributed by atoms with Crippen molar-refractivity contribution in [3.8, 4) is 0 Å². The number of nitrogens with zero attached hydrogens (tertiary/aromatic N) is 4. The van der Waals surface area contributed by atoms with E-state index in [1.54, 1.807) is 6.07 Å². The molecule has 3 heterocycles. The molecular weight excluding hydrogens is 533 g/mol. The Morgan fingerprint density at radius 1 is 1.10 bits per heavy atom. The molecule has 2 aliphatic heterocycles. The Bertz CT molecular complexity index is 1210. The maximum Gasteiger partial charge on any atom is 0.405 e. The molecule has 1 unspecified atom stereocenters. The molecule has 216 valence electrons. The third-order valence-electron chi connectivity index (χ3n) is 8.07. The minimum absolute atomic E-state index is 0.176.